The molecule has 5 nitrogen and oxygen atoms in total. The summed E-state index contributed by atoms with van der Waals surface area (Å²) in [5.74, 6) is 0.857. The van der Waals surface area contributed by atoms with Gasteiger partial charge < -0.3 is 16.2 Å². The lowest BCUT2D eigenvalue weighted by molar-refractivity contribution is 0.282. The van der Waals surface area contributed by atoms with Gasteiger partial charge in [-0.2, -0.15) is 5.10 Å². The lowest BCUT2D eigenvalue weighted by atomic mass is 10.2. The van der Waals surface area contributed by atoms with Gasteiger partial charge in [-0.05, 0) is 27.2 Å². The number of nitrogens with two attached hydrogens (primary N) is 1. The second-order valence-electron chi connectivity index (χ2n) is 3.72. The molecule has 15 heavy (non-hydrogen) atoms. The molecular formula is C10H20N4O. The SMILES string of the molecule is CCn1nc(C)c(N)c1NC(C)CCO. The average molecular weight is 212 g/mol. The molecule has 4 N–H and O–H groups in total. The second kappa shape index (κ2) is 5.02. The van der Waals surface area contributed by atoms with Crippen LogP contribution in [0.4, 0.5) is 11.5 Å². The van der Waals surface area contributed by atoms with Crippen molar-refractivity contribution in [2.75, 3.05) is 17.7 Å². The van der Waals surface area contributed by atoms with Gasteiger partial charge in [-0.15, -0.1) is 0 Å². The van der Waals surface area contributed by atoms with Gasteiger partial charge in [0.05, 0.1) is 11.4 Å². The van der Waals surface area contributed by atoms with Crippen molar-refractivity contribution < 1.29 is 5.11 Å². The number of aliphatic hydroxyl groups excluding tert-OH is 1. The first-order chi connectivity index (χ1) is 7.10. The Hall–Kier alpha value is -1.23. The molecule has 0 radical (unpaired) electrons. The fraction of sp³-hybridized carbons (Fsp3) is 0.700. The van der Waals surface area contributed by atoms with Crippen molar-refractivity contribution in [3.8, 4) is 0 Å². The summed E-state index contributed by atoms with van der Waals surface area (Å²) in [6.07, 6.45) is 0.702. The van der Waals surface area contributed by atoms with Crippen LogP contribution in [0.2, 0.25) is 0 Å². The van der Waals surface area contributed by atoms with Crippen molar-refractivity contribution >= 4 is 11.5 Å². The Morgan fingerprint density at radius 2 is 2.27 bits per heavy atom. The van der Waals surface area contributed by atoms with Crippen LogP contribution < -0.4 is 11.1 Å². The summed E-state index contributed by atoms with van der Waals surface area (Å²) in [4.78, 5) is 0. The van der Waals surface area contributed by atoms with Gasteiger partial charge in [-0.25, -0.2) is 4.68 Å². The first-order valence-corrected chi connectivity index (χ1v) is 5.30. The number of aromatic nitrogens is 2. The number of hydrogen-bond acceptors (Lipinski definition) is 4. The second-order valence-corrected chi connectivity index (χ2v) is 3.72. The minimum atomic E-state index is 0.174. The summed E-state index contributed by atoms with van der Waals surface area (Å²) in [5.41, 5.74) is 7.45. The normalized spacial score (nSPS) is 12.8. The van der Waals surface area contributed by atoms with Gasteiger partial charge >= 0.3 is 0 Å². The molecule has 1 atom stereocenters. The third kappa shape index (κ3) is 2.62. The number of anilines is 2. The van der Waals surface area contributed by atoms with Crippen molar-refractivity contribution in [3.05, 3.63) is 5.69 Å². The maximum Gasteiger partial charge on any atom is 0.148 e. The van der Waals surface area contributed by atoms with Crippen LogP contribution in [0.3, 0.4) is 0 Å². The number of nitrogen functional groups attached to an aromatic ring is 1. The van der Waals surface area contributed by atoms with Gasteiger partial charge in [-0.3, -0.25) is 0 Å². The van der Waals surface area contributed by atoms with Gasteiger partial charge in [0, 0.05) is 19.2 Å². The Bertz CT molecular complexity index is 321. The molecule has 0 aromatic carbocycles. The first kappa shape index (κ1) is 11.8. The van der Waals surface area contributed by atoms with E-state index >= 15 is 0 Å². The summed E-state index contributed by atoms with van der Waals surface area (Å²) in [7, 11) is 0. The quantitative estimate of drug-likeness (QED) is 0.680. The number of rotatable bonds is 5. The van der Waals surface area contributed by atoms with E-state index in [1.807, 2.05) is 25.5 Å². The van der Waals surface area contributed by atoms with Crippen molar-refractivity contribution in [2.45, 2.75) is 39.8 Å². The first-order valence-electron chi connectivity index (χ1n) is 5.30. The maximum absolute atomic E-state index is 8.82. The Morgan fingerprint density at radius 1 is 1.60 bits per heavy atom. The number of aryl methyl sites for hydroxylation is 2. The lowest BCUT2D eigenvalue weighted by Crippen LogP contribution is -2.19. The van der Waals surface area contributed by atoms with Crippen molar-refractivity contribution in [1.82, 2.24) is 9.78 Å². The molecule has 0 fully saturated rings. The van der Waals surface area contributed by atoms with Crippen LogP contribution in [-0.2, 0) is 6.54 Å². The van der Waals surface area contributed by atoms with E-state index < -0.39 is 0 Å². The summed E-state index contributed by atoms with van der Waals surface area (Å²) < 4.78 is 1.85. The minimum Gasteiger partial charge on any atom is -0.396 e. The number of nitrogens with zero attached hydrogens (tertiary/aromatic N) is 2. The van der Waals surface area contributed by atoms with Gasteiger partial charge in [0.15, 0.2) is 0 Å². The molecule has 0 saturated carbocycles. The van der Waals surface area contributed by atoms with Crippen LogP contribution in [0.15, 0.2) is 0 Å². The van der Waals surface area contributed by atoms with E-state index in [1.165, 1.54) is 0 Å². The van der Waals surface area contributed by atoms with E-state index in [2.05, 4.69) is 10.4 Å². The summed E-state index contributed by atoms with van der Waals surface area (Å²) in [5, 5.41) is 16.4. The zero-order chi connectivity index (χ0) is 11.4. The highest BCUT2D eigenvalue weighted by Gasteiger charge is 2.13. The maximum atomic E-state index is 8.82. The van der Waals surface area contributed by atoms with E-state index in [0.29, 0.717) is 12.1 Å². The molecule has 86 valence electrons. The monoisotopic (exact) mass is 212 g/mol. The molecule has 0 aliphatic heterocycles. The van der Waals surface area contributed by atoms with E-state index in [-0.39, 0.29) is 12.6 Å². The van der Waals surface area contributed by atoms with Gasteiger partial charge in [0.1, 0.15) is 5.82 Å². The van der Waals surface area contributed by atoms with Crippen molar-refractivity contribution in [2.24, 2.45) is 0 Å². The van der Waals surface area contributed by atoms with Gasteiger partial charge in [0.25, 0.3) is 0 Å². The predicted molar refractivity (Wildman–Crippen MR) is 61.8 cm³/mol. The Balaban J connectivity index is 2.82. The van der Waals surface area contributed by atoms with Gasteiger partial charge in [-0.1, -0.05) is 0 Å². The topological polar surface area (TPSA) is 76.1 Å². The van der Waals surface area contributed by atoms with Crippen LogP contribution in [0.1, 0.15) is 26.0 Å². The van der Waals surface area contributed by atoms with Crippen molar-refractivity contribution in [1.29, 1.82) is 0 Å². The molecule has 0 saturated heterocycles. The highest BCUT2D eigenvalue weighted by molar-refractivity contribution is 5.65. The molecule has 0 spiro atoms. The summed E-state index contributed by atoms with van der Waals surface area (Å²) >= 11 is 0. The van der Waals surface area contributed by atoms with Crippen LogP contribution >= 0.6 is 0 Å². The Kier molecular flexibility index (Phi) is 3.96. The van der Waals surface area contributed by atoms with Crippen LogP contribution in [0.5, 0.6) is 0 Å². The van der Waals surface area contributed by atoms with E-state index in [4.69, 9.17) is 10.8 Å². The number of aliphatic hydroxyl groups is 1. The molecule has 0 aliphatic rings. The summed E-state index contributed by atoms with van der Waals surface area (Å²) in [6, 6.07) is 0.193. The smallest absolute Gasteiger partial charge is 0.148 e. The van der Waals surface area contributed by atoms with E-state index in [9.17, 15) is 0 Å². The Morgan fingerprint density at radius 3 is 2.80 bits per heavy atom. The highest BCUT2D eigenvalue weighted by Crippen LogP contribution is 2.23. The van der Waals surface area contributed by atoms with Crippen LogP contribution in [0.25, 0.3) is 0 Å². The molecule has 0 aliphatic carbocycles. The zero-order valence-corrected chi connectivity index (χ0v) is 9.62. The fourth-order valence-corrected chi connectivity index (χ4v) is 1.48. The largest absolute Gasteiger partial charge is 0.396 e. The van der Waals surface area contributed by atoms with Crippen LogP contribution in [-0.4, -0.2) is 27.5 Å². The van der Waals surface area contributed by atoms with E-state index in [0.717, 1.165) is 18.1 Å². The standard InChI is InChI=1S/C10H20N4O/c1-4-14-10(9(11)8(3)13-14)12-7(2)5-6-15/h7,12,15H,4-6,11H2,1-3H3. The molecule has 0 bridgehead atoms. The highest BCUT2D eigenvalue weighted by atomic mass is 16.3. The molecule has 1 rings (SSSR count). The molecule has 1 heterocycles. The molecule has 1 aromatic heterocycles. The lowest BCUT2D eigenvalue weighted by Gasteiger charge is -2.15. The predicted octanol–water partition coefficient (Wildman–Crippen LogP) is 0.976. The molecule has 5 heteroatoms. The Labute approximate surface area is 90.3 Å². The number of nitrogens with one attached hydrogen (secondary N) is 1. The molecule has 0 amide bonds. The van der Waals surface area contributed by atoms with Crippen LogP contribution in [0, 0.1) is 6.92 Å². The average Bonchev–Trinajstić information content (AvgIpc) is 2.46. The van der Waals surface area contributed by atoms with Crippen molar-refractivity contribution in [3.63, 3.8) is 0 Å². The molecular weight excluding hydrogens is 192 g/mol. The van der Waals surface area contributed by atoms with Gasteiger partial charge in [0.2, 0.25) is 0 Å². The van der Waals surface area contributed by atoms with E-state index in [1.54, 1.807) is 0 Å². The third-order valence-corrected chi connectivity index (χ3v) is 2.42. The molecule has 1 aromatic rings. The molecule has 1 unspecified atom stereocenters. The minimum absolute atomic E-state index is 0.174. The summed E-state index contributed by atoms with van der Waals surface area (Å²) in [6.45, 7) is 6.88. The number of hydrogen-bond donors (Lipinski definition) is 3. The fourth-order valence-electron chi connectivity index (χ4n) is 1.48. The zero-order valence-electron chi connectivity index (χ0n) is 9.62. The third-order valence-electron chi connectivity index (χ3n) is 2.42.